The van der Waals surface area contributed by atoms with Gasteiger partial charge in [-0.2, -0.15) is 0 Å². The molecule has 0 saturated heterocycles. The van der Waals surface area contributed by atoms with Gasteiger partial charge in [0.2, 0.25) is 5.91 Å². The molecule has 1 aromatic heterocycles. The zero-order valence-corrected chi connectivity index (χ0v) is 16.7. The normalized spacial score (nSPS) is 10.6. The van der Waals surface area contributed by atoms with Gasteiger partial charge in [0.15, 0.2) is 5.75 Å². The molecule has 1 heterocycles. The number of hydrogen-bond acceptors (Lipinski definition) is 6. The summed E-state index contributed by atoms with van der Waals surface area (Å²) >= 11 is 0. The van der Waals surface area contributed by atoms with E-state index in [1.54, 1.807) is 48.5 Å². The van der Waals surface area contributed by atoms with Crippen molar-refractivity contribution in [2.45, 2.75) is 20.5 Å². The number of aromatic nitrogens is 1. The van der Waals surface area contributed by atoms with Crippen molar-refractivity contribution in [2.75, 3.05) is 12.0 Å². The van der Waals surface area contributed by atoms with Gasteiger partial charge in [0.25, 0.3) is 11.5 Å². The number of nitrogens with one attached hydrogen (secondary N) is 1. The standard InChI is InChI=1S/C22H20N2O6/c1-13(25)24(16-7-5-4-6-8-16)22(28)19-20(30-14(2)26)17-11-15(12-29-3)9-10-18(17)23-21(19)27/h4-11H,12H2,1-3H3,(H,23,27). The zero-order valence-electron chi connectivity index (χ0n) is 16.7. The maximum atomic E-state index is 13.3. The third kappa shape index (κ3) is 4.13. The van der Waals surface area contributed by atoms with E-state index >= 15 is 0 Å². The second-order valence-electron chi connectivity index (χ2n) is 6.56. The summed E-state index contributed by atoms with van der Waals surface area (Å²) < 4.78 is 10.4. The molecule has 8 heteroatoms. The van der Waals surface area contributed by atoms with E-state index in [1.165, 1.54) is 21.0 Å². The quantitative estimate of drug-likeness (QED) is 0.651. The Kier molecular flexibility index (Phi) is 6.08. The summed E-state index contributed by atoms with van der Waals surface area (Å²) in [5.41, 5.74) is 0.199. The maximum absolute atomic E-state index is 13.3. The van der Waals surface area contributed by atoms with Crippen LogP contribution in [0.3, 0.4) is 0 Å². The molecule has 0 unspecified atom stereocenters. The lowest BCUT2D eigenvalue weighted by atomic mass is 10.1. The van der Waals surface area contributed by atoms with E-state index in [0.29, 0.717) is 10.9 Å². The average molecular weight is 408 g/mol. The van der Waals surface area contributed by atoms with Crippen molar-refractivity contribution in [3.63, 3.8) is 0 Å². The molecule has 0 aliphatic carbocycles. The highest BCUT2D eigenvalue weighted by Crippen LogP contribution is 2.30. The van der Waals surface area contributed by atoms with Gasteiger partial charge >= 0.3 is 5.97 Å². The molecular formula is C22H20N2O6. The average Bonchev–Trinajstić information content (AvgIpc) is 2.69. The largest absolute Gasteiger partial charge is 0.425 e. The van der Waals surface area contributed by atoms with Gasteiger partial charge in [-0.15, -0.1) is 0 Å². The number of anilines is 1. The van der Waals surface area contributed by atoms with E-state index in [-0.39, 0.29) is 18.0 Å². The number of rotatable bonds is 5. The molecule has 8 nitrogen and oxygen atoms in total. The number of amides is 2. The number of H-pyrrole nitrogens is 1. The van der Waals surface area contributed by atoms with Crippen molar-refractivity contribution < 1.29 is 23.9 Å². The summed E-state index contributed by atoms with van der Waals surface area (Å²) in [6.07, 6.45) is 0. The van der Waals surface area contributed by atoms with Crippen molar-refractivity contribution >= 4 is 34.4 Å². The number of methoxy groups -OCH3 is 1. The second kappa shape index (κ2) is 8.71. The smallest absolute Gasteiger partial charge is 0.308 e. The van der Waals surface area contributed by atoms with Gasteiger partial charge in [-0.25, -0.2) is 4.90 Å². The number of benzene rings is 2. The van der Waals surface area contributed by atoms with Crippen LogP contribution in [-0.4, -0.2) is 29.9 Å². The number of esters is 1. The molecule has 3 rings (SSSR count). The Labute approximate surface area is 172 Å². The molecule has 1 N–H and O–H groups in total. The Morgan fingerprint density at radius 2 is 1.73 bits per heavy atom. The molecule has 2 aromatic carbocycles. The number of hydrogen-bond donors (Lipinski definition) is 1. The lowest BCUT2D eigenvalue weighted by molar-refractivity contribution is -0.131. The molecular weight excluding hydrogens is 388 g/mol. The number of imide groups is 1. The minimum absolute atomic E-state index is 0.202. The Hall–Kier alpha value is -3.78. The van der Waals surface area contributed by atoms with Gasteiger partial charge < -0.3 is 14.5 Å². The van der Waals surface area contributed by atoms with Crippen LogP contribution in [0.1, 0.15) is 29.8 Å². The fraction of sp³-hybridized carbons (Fsp3) is 0.182. The van der Waals surface area contributed by atoms with E-state index in [2.05, 4.69) is 4.98 Å². The second-order valence-corrected chi connectivity index (χ2v) is 6.56. The minimum Gasteiger partial charge on any atom is -0.425 e. The zero-order chi connectivity index (χ0) is 21.8. The lowest BCUT2D eigenvalue weighted by Gasteiger charge is -2.20. The number of aromatic amines is 1. The number of para-hydroxylation sites is 1. The van der Waals surface area contributed by atoms with Crippen LogP contribution < -0.4 is 15.2 Å². The molecule has 0 spiro atoms. The molecule has 30 heavy (non-hydrogen) atoms. The highest BCUT2D eigenvalue weighted by molar-refractivity contribution is 6.22. The van der Waals surface area contributed by atoms with Gasteiger partial charge in [-0.3, -0.25) is 19.2 Å². The highest BCUT2D eigenvalue weighted by atomic mass is 16.5. The Bertz CT molecular complexity index is 1180. The van der Waals surface area contributed by atoms with Crippen molar-refractivity contribution in [3.8, 4) is 5.75 Å². The summed E-state index contributed by atoms with van der Waals surface area (Å²) in [7, 11) is 1.53. The number of nitrogens with zero attached hydrogens (tertiary/aromatic N) is 1. The predicted molar refractivity (Wildman–Crippen MR) is 111 cm³/mol. The van der Waals surface area contributed by atoms with Crippen molar-refractivity contribution in [1.82, 2.24) is 4.98 Å². The first-order valence-electron chi connectivity index (χ1n) is 9.09. The number of pyridine rings is 1. The molecule has 0 atom stereocenters. The van der Waals surface area contributed by atoms with E-state index in [1.807, 2.05) is 0 Å². The van der Waals surface area contributed by atoms with Gasteiger partial charge in [0.05, 0.1) is 17.8 Å². The first kappa shape index (κ1) is 20.9. The van der Waals surface area contributed by atoms with Gasteiger partial charge in [0.1, 0.15) is 5.56 Å². The third-order valence-corrected chi connectivity index (χ3v) is 4.33. The predicted octanol–water partition coefficient (Wildman–Crippen LogP) is 2.79. The maximum Gasteiger partial charge on any atom is 0.308 e. The van der Waals surface area contributed by atoms with E-state index < -0.39 is 28.9 Å². The summed E-state index contributed by atoms with van der Waals surface area (Å²) in [5, 5.41) is 0.347. The monoisotopic (exact) mass is 408 g/mol. The topological polar surface area (TPSA) is 106 Å². The summed E-state index contributed by atoms with van der Waals surface area (Å²) in [6.45, 7) is 2.66. The summed E-state index contributed by atoms with van der Waals surface area (Å²) in [4.78, 5) is 53.7. The minimum atomic E-state index is -0.898. The molecule has 0 aliphatic rings. The van der Waals surface area contributed by atoms with Gasteiger partial charge in [-0.1, -0.05) is 24.3 Å². The van der Waals surface area contributed by atoms with Gasteiger partial charge in [0, 0.05) is 26.3 Å². The number of carbonyl (C=O) groups is 3. The van der Waals surface area contributed by atoms with E-state index in [0.717, 1.165) is 10.5 Å². The van der Waals surface area contributed by atoms with Crippen LogP contribution in [0.15, 0.2) is 53.3 Å². The van der Waals surface area contributed by atoms with Crippen molar-refractivity contribution in [2.24, 2.45) is 0 Å². The highest BCUT2D eigenvalue weighted by Gasteiger charge is 2.29. The van der Waals surface area contributed by atoms with Crippen LogP contribution in [0.2, 0.25) is 0 Å². The molecule has 0 saturated carbocycles. The van der Waals surface area contributed by atoms with Crippen LogP contribution in [0.25, 0.3) is 10.9 Å². The summed E-state index contributed by atoms with van der Waals surface area (Å²) in [5.74, 6) is -2.40. The molecule has 0 aliphatic heterocycles. The number of ether oxygens (including phenoxy) is 2. The van der Waals surface area contributed by atoms with Gasteiger partial charge in [-0.05, 0) is 29.8 Å². The van der Waals surface area contributed by atoms with Crippen molar-refractivity contribution in [3.05, 3.63) is 70.0 Å². The molecule has 154 valence electrons. The van der Waals surface area contributed by atoms with E-state index in [9.17, 15) is 19.2 Å². The number of carbonyl (C=O) groups excluding carboxylic acids is 3. The molecule has 2 amide bonds. The molecule has 0 fully saturated rings. The molecule has 3 aromatic rings. The first-order chi connectivity index (χ1) is 14.3. The Morgan fingerprint density at radius 1 is 1.03 bits per heavy atom. The lowest BCUT2D eigenvalue weighted by Crippen LogP contribution is -2.38. The first-order valence-corrected chi connectivity index (χ1v) is 9.09. The fourth-order valence-electron chi connectivity index (χ4n) is 3.14. The van der Waals surface area contributed by atoms with Crippen LogP contribution in [0, 0.1) is 0 Å². The van der Waals surface area contributed by atoms with Crippen LogP contribution >= 0.6 is 0 Å². The van der Waals surface area contributed by atoms with E-state index in [4.69, 9.17) is 9.47 Å². The van der Waals surface area contributed by atoms with Crippen LogP contribution in [-0.2, 0) is 20.9 Å². The summed E-state index contributed by atoms with van der Waals surface area (Å²) in [6, 6.07) is 13.2. The Balaban J connectivity index is 2.28. The molecule has 0 radical (unpaired) electrons. The fourth-order valence-corrected chi connectivity index (χ4v) is 3.14. The molecule has 0 bridgehead atoms. The Morgan fingerprint density at radius 3 is 2.33 bits per heavy atom. The SMILES string of the molecule is COCc1ccc2[nH]c(=O)c(C(=O)N(C(C)=O)c3ccccc3)c(OC(C)=O)c2c1. The van der Waals surface area contributed by atoms with Crippen molar-refractivity contribution in [1.29, 1.82) is 0 Å². The van der Waals surface area contributed by atoms with Crippen LogP contribution in [0.5, 0.6) is 5.75 Å². The van der Waals surface area contributed by atoms with Crippen LogP contribution in [0.4, 0.5) is 5.69 Å². The third-order valence-electron chi connectivity index (χ3n) is 4.33. The number of fused-ring (bicyclic) bond motifs is 1.